The largest absolute Gasteiger partial charge is 0.391 e. The van der Waals surface area contributed by atoms with Crippen molar-refractivity contribution in [3.05, 3.63) is 15.8 Å². The molecule has 1 aromatic rings. The molecule has 6 heteroatoms. The Morgan fingerprint density at radius 2 is 2.05 bits per heavy atom. The van der Waals surface area contributed by atoms with Crippen molar-refractivity contribution in [3.8, 4) is 0 Å². The van der Waals surface area contributed by atoms with E-state index in [-0.39, 0.29) is 17.5 Å². The Labute approximate surface area is 125 Å². The quantitative estimate of drug-likeness (QED) is 0.877. The molecular weight excluding hydrogens is 294 g/mol. The first-order chi connectivity index (χ1) is 9.45. The summed E-state index contributed by atoms with van der Waals surface area (Å²) in [7, 11) is -3.54. The normalized spacial score (nSPS) is 19.1. The zero-order valence-corrected chi connectivity index (χ0v) is 13.7. The molecule has 0 aromatic carbocycles. The summed E-state index contributed by atoms with van der Waals surface area (Å²) in [5, 5.41) is 11.1. The van der Waals surface area contributed by atoms with E-state index in [1.807, 2.05) is 6.92 Å². The van der Waals surface area contributed by atoms with Gasteiger partial charge in [-0.05, 0) is 43.6 Å². The molecule has 1 aliphatic rings. The lowest BCUT2D eigenvalue weighted by Gasteiger charge is -2.28. The monoisotopic (exact) mass is 317 g/mol. The Morgan fingerprint density at radius 3 is 2.65 bits per heavy atom. The Kier molecular flexibility index (Phi) is 5.23. The van der Waals surface area contributed by atoms with Gasteiger partial charge in [-0.15, -0.1) is 11.3 Å². The van der Waals surface area contributed by atoms with Crippen molar-refractivity contribution in [3.63, 3.8) is 0 Å². The molecule has 1 unspecified atom stereocenters. The zero-order chi connectivity index (χ0) is 14.8. The van der Waals surface area contributed by atoms with Gasteiger partial charge in [-0.25, -0.2) is 13.1 Å². The van der Waals surface area contributed by atoms with Crippen LogP contribution >= 0.6 is 11.3 Å². The molecule has 0 spiro atoms. The SMILES string of the molecule is Cc1csc(CO)c1S(=O)(=O)NC(C)C1CCCCC1. The molecule has 1 aromatic heterocycles. The summed E-state index contributed by atoms with van der Waals surface area (Å²) < 4.78 is 27.9. The number of hydrogen-bond donors (Lipinski definition) is 2. The molecule has 1 heterocycles. The van der Waals surface area contributed by atoms with Gasteiger partial charge in [0.05, 0.1) is 11.5 Å². The van der Waals surface area contributed by atoms with Crippen molar-refractivity contribution in [2.24, 2.45) is 5.92 Å². The number of sulfonamides is 1. The fraction of sp³-hybridized carbons (Fsp3) is 0.714. The number of aliphatic hydroxyl groups excluding tert-OH is 1. The van der Waals surface area contributed by atoms with Crippen LogP contribution < -0.4 is 4.72 Å². The number of aryl methyl sites for hydroxylation is 1. The summed E-state index contributed by atoms with van der Waals surface area (Å²) in [6, 6.07) is -0.0499. The molecule has 0 aliphatic heterocycles. The average molecular weight is 317 g/mol. The van der Waals surface area contributed by atoms with Gasteiger partial charge in [0.1, 0.15) is 4.90 Å². The van der Waals surface area contributed by atoms with Crippen LogP contribution in [0.3, 0.4) is 0 Å². The number of rotatable bonds is 5. The van der Waals surface area contributed by atoms with E-state index in [0.717, 1.165) is 12.8 Å². The summed E-state index contributed by atoms with van der Waals surface area (Å²) >= 11 is 1.30. The van der Waals surface area contributed by atoms with Crippen LogP contribution in [0.15, 0.2) is 10.3 Å². The van der Waals surface area contributed by atoms with Crippen molar-refractivity contribution in [2.45, 2.75) is 63.5 Å². The van der Waals surface area contributed by atoms with E-state index in [0.29, 0.717) is 16.4 Å². The first-order valence-corrected chi connectivity index (χ1v) is 9.52. The van der Waals surface area contributed by atoms with Gasteiger partial charge in [-0.1, -0.05) is 19.3 Å². The first-order valence-electron chi connectivity index (χ1n) is 7.16. The van der Waals surface area contributed by atoms with E-state index in [4.69, 9.17) is 0 Å². The van der Waals surface area contributed by atoms with Gasteiger partial charge >= 0.3 is 0 Å². The average Bonchev–Trinajstić information content (AvgIpc) is 2.81. The molecule has 1 atom stereocenters. The topological polar surface area (TPSA) is 66.4 Å². The molecule has 0 saturated heterocycles. The third kappa shape index (κ3) is 3.42. The van der Waals surface area contributed by atoms with Crippen molar-refractivity contribution in [1.82, 2.24) is 4.72 Å². The Morgan fingerprint density at radius 1 is 1.40 bits per heavy atom. The summed E-state index contributed by atoms with van der Waals surface area (Å²) in [6.07, 6.45) is 5.83. The molecule has 2 N–H and O–H groups in total. The molecule has 1 fully saturated rings. The molecule has 1 saturated carbocycles. The second-order valence-electron chi connectivity index (χ2n) is 5.64. The summed E-state index contributed by atoms with van der Waals surface area (Å²) in [5.41, 5.74) is 0.711. The van der Waals surface area contributed by atoms with E-state index in [9.17, 15) is 13.5 Å². The summed E-state index contributed by atoms with van der Waals surface area (Å²) in [5.74, 6) is 0.426. The molecule has 0 radical (unpaired) electrons. The molecule has 0 bridgehead atoms. The van der Waals surface area contributed by atoms with E-state index in [2.05, 4.69) is 4.72 Å². The minimum Gasteiger partial charge on any atom is -0.391 e. The van der Waals surface area contributed by atoms with Crippen molar-refractivity contribution >= 4 is 21.4 Å². The smallest absolute Gasteiger partial charge is 0.242 e. The summed E-state index contributed by atoms with van der Waals surface area (Å²) in [6.45, 7) is 3.50. The predicted octanol–water partition coefficient (Wildman–Crippen LogP) is 2.80. The lowest BCUT2D eigenvalue weighted by molar-refractivity contribution is 0.282. The first kappa shape index (κ1) is 15.9. The Bertz CT molecular complexity index is 545. The third-order valence-corrected chi connectivity index (χ3v) is 7.11. The van der Waals surface area contributed by atoms with Crippen molar-refractivity contribution in [1.29, 1.82) is 0 Å². The van der Waals surface area contributed by atoms with E-state index >= 15 is 0 Å². The fourth-order valence-corrected chi connectivity index (χ4v) is 5.97. The van der Waals surface area contributed by atoms with Crippen LogP contribution in [0.1, 0.15) is 49.5 Å². The van der Waals surface area contributed by atoms with Gasteiger partial charge in [0.25, 0.3) is 0 Å². The number of aliphatic hydroxyl groups is 1. The van der Waals surface area contributed by atoms with Crippen LogP contribution in [0.4, 0.5) is 0 Å². The molecule has 2 rings (SSSR count). The van der Waals surface area contributed by atoms with E-state index < -0.39 is 10.0 Å². The predicted molar refractivity (Wildman–Crippen MR) is 81.3 cm³/mol. The highest BCUT2D eigenvalue weighted by atomic mass is 32.2. The summed E-state index contributed by atoms with van der Waals surface area (Å²) in [4.78, 5) is 0.790. The molecule has 1 aliphatic carbocycles. The van der Waals surface area contributed by atoms with Gasteiger partial charge in [-0.2, -0.15) is 0 Å². The van der Waals surface area contributed by atoms with E-state index in [1.165, 1.54) is 30.6 Å². The van der Waals surface area contributed by atoms with Gasteiger partial charge in [0, 0.05) is 6.04 Å². The van der Waals surface area contributed by atoms with Crippen LogP contribution in [0.5, 0.6) is 0 Å². The molecule has 0 amide bonds. The Balaban J connectivity index is 2.16. The van der Waals surface area contributed by atoms with Crippen LogP contribution in [0.25, 0.3) is 0 Å². The van der Waals surface area contributed by atoms with Crippen LogP contribution in [-0.4, -0.2) is 19.6 Å². The molecule has 4 nitrogen and oxygen atoms in total. The number of hydrogen-bond acceptors (Lipinski definition) is 4. The molecule has 114 valence electrons. The minimum absolute atomic E-state index is 0.0499. The van der Waals surface area contributed by atoms with Gasteiger partial charge in [0.15, 0.2) is 0 Å². The third-order valence-electron chi connectivity index (χ3n) is 4.10. The highest BCUT2D eigenvalue weighted by Gasteiger charge is 2.28. The zero-order valence-electron chi connectivity index (χ0n) is 12.1. The maximum atomic E-state index is 12.5. The van der Waals surface area contributed by atoms with Gasteiger partial charge in [0.2, 0.25) is 10.0 Å². The standard InChI is InChI=1S/C14H23NO3S2/c1-10-9-19-13(8-16)14(10)20(17,18)15-11(2)12-6-4-3-5-7-12/h9,11-12,15-16H,3-8H2,1-2H3. The molecular formula is C14H23NO3S2. The second-order valence-corrected chi connectivity index (χ2v) is 8.25. The maximum Gasteiger partial charge on any atom is 0.242 e. The van der Waals surface area contributed by atoms with Crippen molar-refractivity contribution in [2.75, 3.05) is 0 Å². The number of thiophene rings is 1. The second kappa shape index (κ2) is 6.56. The Hall–Kier alpha value is -0.430. The van der Waals surface area contributed by atoms with Crippen LogP contribution in [-0.2, 0) is 16.6 Å². The lowest BCUT2D eigenvalue weighted by Crippen LogP contribution is -2.39. The lowest BCUT2D eigenvalue weighted by atomic mass is 9.85. The van der Waals surface area contributed by atoms with Gasteiger partial charge in [-0.3, -0.25) is 0 Å². The van der Waals surface area contributed by atoms with Gasteiger partial charge < -0.3 is 5.11 Å². The number of nitrogens with one attached hydrogen (secondary N) is 1. The minimum atomic E-state index is -3.54. The highest BCUT2D eigenvalue weighted by molar-refractivity contribution is 7.89. The van der Waals surface area contributed by atoms with E-state index in [1.54, 1.807) is 12.3 Å². The van der Waals surface area contributed by atoms with Crippen LogP contribution in [0, 0.1) is 12.8 Å². The van der Waals surface area contributed by atoms with Crippen LogP contribution in [0.2, 0.25) is 0 Å². The maximum absolute atomic E-state index is 12.5. The highest BCUT2D eigenvalue weighted by Crippen LogP contribution is 2.30. The fourth-order valence-electron chi connectivity index (χ4n) is 2.99. The molecule has 20 heavy (non-hydrogen) atoms. The van der Waals surface area contributed by atoms with Crippen molar-refractivity contribution < 1.29 is 13.5 Å².